The van der Waals surface area contributed by atoms with Gasteiger partial charge < -0.3 is 19.5 Å². The first-order chi connectivity index (χ1) is 16.3. The molecule has 3 aliphatic heterocycles. The molecule has 1 amide bonds. The van der Waals surface area contributed by atoms with Crippen molar-refractivity contribution in [2.24, 2.45) is 0 Å². The molecule has 176 valence electrons. The number of rotatable bonds is 5. The number of aliphatic hydroxyl groups is 1. The summed E-state index contributed by atoms with van der Waals surface area (Å²) in [5.41, 5.74) is 1.42. The van der Waals surface area contributed by atoms with Gasteiger partial charge >= 0.3 is 0 Å². The third-order valence-electron chi connectivity index (χ3n) is 6.53. The van der Waals surface area contributed by atoms with Crippen molar-refractivity contribution in [3.8, 4) is 5.75 Å². The summed E-state index contributed by atoms with van der Waals surface area (Å²) in [5.74, 6) is -1.17. The van der Waals surface area contributed by atoms with Gasteiger partial charge in [-0.3, -0.25) is 19.7 Å². The number of aliphatic hydroxyl groups excluding tert-OH is 1. The second-order valence-electron chi connectivity index (χ2n) is 8.89. The summed E-state index contributed by atoms with van der Waals surface area (Å²) in [7, 11) is 0. The summed E-state index contributed by atoms with van der Waals surface area (Å²) in [6.45, 7) is 2.68. The first-order valence-electron chi connectivity index (χ1n) is 11.3. The highest BCUT2D eigenvalue weighted by molar-refractivity contribution is 6.46. The molecule has 9 heteroatoms. The molecule has 0 saturated carbocycles. The number of ketones is 1. The standard InChI is InChI=1S/C25H24N2O7/c1-14-10-17-11-16(7-8-20(17)34-14)23(28)21-22(15-4-2-5-18(12-15)27(31)32)26(25(30)24(21)29)13-19-6-3-9-33-19/h2,4-5,7-8,11-12,14,19,22,28H,3,6,9-10,13H2,1H3/b23-21+. The second kappa shape index (κ2) is 8.57. The van der Waals surface area contributed by atoms with Crippen LogP contribution in [-0.4, -0.2) is 52.0 Å². The van der Waals surface area contributed by atoms with Crippen LogP contribution in [0.4, 0.5) is 5.69 Å². The molecule has 3 unspecified atom stereocenters. The largest absolute Gasteiger partial charge is 0.507 e. The van der Waals surface area contributed by atoms with Crippen molar-refractivity contribution in [3.05, 3.63) is 74.8 Å². The van der Waals surface area contributed by atoms with Gasteiger partial charge in [-0.15, -0.1) is 0 Å². The lowest BCUT2D eigenvalue weighted by Crippen LogP contribution is -2.36. The maximum absolute atomic E-state index is 13.2. The summed E-state index contributed by atoms with van der Waals surface area (Å²) in [5, 5.41) is 22.7. The fraction of sp³-hybridized carbons (Fsp3) is 0.360. The predicted octanol–water partition coefficient (Wildman–Crippen LogP) is 3.52. The summed E-state index contributed by atoms with van der Waals surface area (Å²) < 4.78 is 11.4. The zero-order valence-corrected chi connectivity index (χ0v) is 18.6. The van der Waals surface area contributed by atoms with E-state index in [4.69, 9.17) is 9.47 Å². The van der Waals surface area contributed by atoms with E-state index < -0.39 is 22.7 Å². The molecule has 2 aromatic carbocycles. The first kappa shape index (κ1) is 22.1. The number of nitrogens with zero attached hydrogens (tertiary/aromatic N) is 2. The van der Waals surface area contributed by atoms with E-state index in [-0.39, 0.29) is 35.8 Å². The van der Waals surface area contributed by atoms with Crippen molar-refractivity contribution < 1.29 is 29.1 Å². The molecular weight excluding hydrogens is 440 g/mol. The number of fused-ring (bicyclic) bond motifs is 1. The Morgan fingerprint density at radius 1 is 1.24 bits per heavy atom. The Hall–Kier alpha value is -3.72. The molecule has 3 atom stereocenters. The SMILES string of the molecule is CC1Cc2cc(/C(O)=C3\C(=O)C(=O)N(CC4CCCO4)C3c3cccc([N+](=O)[O-])c3)ccc2O1. The van der Waals surface area contributed by atoms with Gasteiger partial charge in [-0.2, -0.15) is 0 Å². The summed E-state index contributed by atoms with van der Waals surface area (Å²) >= 11 is 0. The van der Waals surface area contributed by atoms with E-state index in [1.807, 2.05) is 6.92 Å². The van der Waals surface area contributed by atoms with Crippen LogP contribution in [0, 0.1) is 10.1 Å². The molecule has 2 aromatic rings. The molecule has 2 saturated heterocycles. The Balaban J connectivity index is 1.62. The van der Waals surface area contributed by atoms with E-state index in [0.29, 0.717) is 24.2 Å². The topological polar surface area (TPSA) is 119 Å². The highest BCUT2D eigenvalue weighted by Gasteiger charge is 2.47. The van der Waals surface area contributed by atoms with E-state index in [2.05, 4.69) is 0 Å². The van der Waals surface area contributed by atoms with Crippen LogP contribution in [0.25, 0.3) is 5.76 Å². The molecule has 0 aromatic heterocycles. The van der Waals surface area contributed by atoms with Crippen molar-refractivity contribution in [2.45, 2.75) is 44.4 Å². The average molecular weight is 464 g/mol. The number of Topliss-reactive ketones (excluding diaryl/α,β-unsaturated/α-hetero) is 1. The van der Waals surface area contributed by atoms with Gasteiger partial charge in [-0.25, -0.2) is 0 Å². The molecule has 0 spiro atoms. The zero-order valence-electron chi connectivity index (χ0n) is 18.6. The number of nitro groups is 1. The number of nitro benzene ring substituents is 1. The maximum atomic E-state index is 13.2. The normalized spacial score (nSPS) is 25.4. The number of hydrogen-bond acceptors (Lipinski definition) is 7. The van der Waals surface area contributed by atoms with Gasteiger partial charge in [0.05, 0.1) is 22.6 Å². The lowest BCUT2D eigenvalue weighted by atomic mass is 9.94. The van der Waals surface area contributed by atoms with Gasteiger partial charge in [0.1, 0.15) is 17.6 Å². The number of benzene rings is 2. The van der Waals surface area contributed by atoms with Crippen LogP contribution < -0.4 is 4.74 Å². The molecule has 0 bridgehead atoms. The van der Waals surface area contributed by atoms with Crippen molar-refractivity contribution in [3.63, 3.8) is 0 Å². The van der Waals surface area contributed by atoms with Crippen LogP contribution in [0.3, 0.4) is 0 Å². The van der Waals surface area contributed by atoms with Crippen molar-refractivity contribution in [1.29, 1.82) is 0 Å². The summed E-state index contributed by atoms with van der Waals surface area (Å²) in [6, 6.07) is 9.98. The molecule has 9 nitrogen and oxygen atoms in total. The van der Waals surface area contributed by atoms with E-state index in [1.165, 1.54) is 23.1 Å². The third-order valence-corrected chi connectivity index (χ3v) is 6.53. The van der Waals surface area contributed by atoms with E-state index >= 15 is 0 Å². The average Bonchev–Trinajstić information content (AvgIpc) is 3.52. The van der Waals surface area contributed by atoms with Crippen LogP contribution in [0.2, 0.25) is 0 Å². The lowest BCUT2D eigenvalue weighted by Gasteiger charge is -2.27. The van der Waals surface area contributed by atoms with Gasteiger partial charge in [0, 0.05) is 37.3 Å². The van der Waals surface area contributed by atoms with Crippen LogP contribution in [-0.2, 0) is 20.7 Å². The van der Waals surface area contributed by atoms with Gasteiger partial charge in [-0.05, 0) is 49.1 Å². The molecule has 0 aliphatic carbocycles. The molecule has 3 aliphatic rings. The smallest absolute Gasteiger partial charge is 0.295 e. The minimum absolute atomic E-state index is 0.00857. The van der Waals surface area contributed by atoms with Crippen molar-refractivity contribution >= 4 is 23.1 Å². The van der Waals surface area contributed by atoms with E-state index in [1.54, 1.807) is 24.3 Å². The fourth-order valence-corrected chi connectivity index (χ4v) is 4.96. The van der Waals surface area contributed by atoms with Crippen LogP contribution in [0.5, 0.6) is 5.75 Å². The lowest BCUT2D eigenvalue weighted by molar-refractivity contribution is -0.384. The van der Waals surface area contributed by atoms with E-state index in [9.17, 15) is 24.8 Å². The van der Waals surface area contributed by atoms with Gasteiger partial charge in [0.25, 0.3) is 17.4 Å². The first-order valence-corrected chi connectivity index (χ1v) is 11.3. The third kappa shape index (κ3) is 3.81. The highest BCUT2D eigenvalue weighted by atomic mass is 16.6. The number of carbonyl (C=O) groups is 2. The summed E-state index contributed by atoms with van der Waals surface area (Å²) in [6.07, 6.45) is 2.03. The zero-order chi connectivity index (χ0) is 24.0. The number of likely N-dealkylation sites (tertiary alicyclic amines) is 1. The highest BCUT2D eigenvalue weighted by Crippen LogP contribution is 2.41. The summed E-state index contributed by atoms with van der Waals surface area (Å²) in [4.78, 5) is 38.5. The maximum Gasteiger partial charge on any atom is 0.295 e. The number of ether oxygens (including phenoxy) is 2. The molecule has 2 fully saturated rings. The second-order valence-corrected chi connectivity index (χ2v) is 8.89. The van der Waals surface area contributed by atoms with Crippen molar-refractivity contribution in [2.75, 3.05) is 13.2 Å². The Labute approximate surface area is 195 Å². The Morgan fingerprint density at radius 3 is 2.79 bits per heavy atom. The van der Waals surface area contributed by atoms with Gasteiger partial charge in [0.15, 0.2) is 0 Å². The minimum atomic E-state index is -0.965. The quantitative estimate of drug-likeness (QED) is 0.236. The molecule has 34 heavy (non-hydrogen) atoms. The molecule has 5 rings (SSSR count). The van der Waals surface area contributed by atoms with Crippen LogP contribution in [0.1, 0.15) is 42.5 Å². The van der Waals surface area contributed by atoms with Crippen LogP contribution >= 0.6 is 0 Å². The number of amides is 1. The predicted molar refractivity (Wildman–Crippen MR) is 121 cm³/mol. The number of carbonyl (C=O) groups excluding carboxylic acids is 2. The Kier molecular flexibility index (Phi) is 5.57. The van der Waals surface area contributed by atoms with Gasteiger partial charge in [0.2, 0.25) is 0 Å². The van der Waals surface area contributed by atoms with E-state index in [0.717, 1.165) is 24.2 Å². The molecular formula is C25H24N2O7. The molecule has 1 N–H and O–H groups in total. The number of non-ortho nitro benzene ring substituents is 1. The van der Waals surface area contributed by atoms with Gasteiger partial charge in [-0.1, -0.05) is 12.1 Å². The monoisotopic (exact) mass is 464 g/mol. The Bertz CT molecular complexity index is 1220. The molecule has 3 heterocycles. The number of hydrogen-bond donors (Lipinski definition) is 1. The molecule has 0 radical (unpaired) electrons. The Morgan fingerprint density at radius 2 is 2.06 bits per heavy atom. The fourth-order valence-electron chi connectivity index (χ4n) is 4.96. The minimum Gasteiger partial charge on any atom is -0.507 e. The van der Waals surface area contributed by atoms with Crippen LogP contribution in [0.15, 0.2) is 48.0 Å². The van der Waals surface area contributed by atoms with Crippen molar-refractivity contribution in [1.82, 2.24) is 4.90 Å².